The Balaban J connectivity index is 1.51. The Hall–Kier alpha value is -2.58. The fraction of sp³-hybridized carbons (Fsp3) is 0.409. The van der Waals surface area contributed by atoms with Crippen LogP contribution < -0.4 is 14.8 Å². The summed E-state index contributed by atoms with van der Waals surface area (Å²) in [6.07, 6.45) is 1.29. The number of hydrogen-bond acceptors (Lipinski definition) is 5. The minimum atomic E-state index is -3.41. The third-order valence-electron chi connectivity index (χ3n) is 5.19. The fourth-order valence-electron chi connectivity index (χ4n) is 3.55. The number of benzene rings is 2. The van der Waals surface area contributed by atoms with Crippen LogP contribution in [0.25, 0.3) is 0 Å². The van der Waals surface area contributed by atoms with Crippen molar-refractivity contribution in [2.75, 3.05) is 33.1 Å². The van der Waals surface area contributed by atoms with E-state index in [2.05, 4.69) is 5.32 Å². The molecule has 0 aliphatic carbocycles. The average molecular weight is 433 g/mol. The van der Waals surface area contributed by atoms with Crippen molar-refractivity contribution >= 4 is 15.9 Å². The minimum Gasteiger partial charge on any atom is -0.493 e. The fourth-order valence-corrected chi connectivity index (χ4v) is 5.02. The van der Waals surface area contributed by atoms with E-state index < -0.39 is 10.0 Å². The molecule has 0 unspecified atom stereocenters. The molecule has 0 aromatic heterocycles. The number of methoxy groups -OCH3 is 2. The molecular formula is C22H28N2O5S. The molecule has 0 fully saturated rings. The van der Waals surface area contributed by atoms with Crippen LogP contribution in [0.4, 0.5) is 0 Å². The van der Waals surface area contributed by atoms with E-state index in [1.165, 1.54) is 4.31 Å². The van der Waals surface area contributed by atoms with Crippen molar-refractivity contribution in [1.82, 2.24) is 9.62 Å². The Morgan fingerprint density at radius 2 is 1.73 bits per heavy atom. The van der Waals surface area contributed by atoms with Gasteiger partial charge in [-0.3, -0.25) is 4.79 Å². The van der Waals surface area contributed by atoms with Crippen molar-refractivity contribution < 1.29 is 22.7 Å². The third kappa shape index (κ3) is 5.52. The van der Waals surface area contributed by atoms with Crippen molar-refractivity contribution in [3.05, 3.63) is 59.2 Å². The number of sulfonamides is 1. The van der Waals surface area contributed by atoms with Gasteiger partial charge in [0.1, 0.15) is 0 Å². The molecule has 2 aromatic carbocycles. The Morgan fingerprint density at radius 3 is 2.40 bits per heavy atom. The van der Waals surface area contributed by atoms with Gasteiger partial charge >= 0.3 is 0 Å². The molecule has 1 heterocycles. The van der Waals surface area contributed by atoms with Gasteiger partial charge in [0.05, 0.1) is 26.4 Å². The smallest absolute Gasteiger partial charge is 0.224 e. The number of carbonyl (C=O) groups excluding carboxylic acids is 1. The summed E-state index contributed by atoms with van der Waals surface area (Å²) in [6.45, 7) is 1.09. The molecule has 0 saturated carbocycles. The molecule has 0 saturated heterocycles. The summed E-state index contributed by atoms with van der Waals surface area (Å²) in [6, 6.07) is 13.2. The van der Waals surface area contributed by atoms with Gasteiger partial charge in [-0.25, -0.2) is 8.42 Å². The number of nitrogens with one attached hydrogen (secondary N) is 1. The van der Waals surface area contributed by atoms with Gasteiger partial charge in [0.15, 0.2) is 11.5 Å². The molecule has 0 bridgehead atoms. The standard InChI is InChI=1S/C22H28N2O5S/c1-28-20-14-18-9-11-24(16-19(18)15-21(20)29-2)30(26,27)12-6-10-23-22(25)13-17-7-4-3-5-8-17/h3-5,7-8,14-15H,6,9-13,16H2,1-2H3,(H,23,25). The number of carbonyl (C=O) groups is 1. The number of fused-ring (bicyclic) bond motifs is 1. The van der Waals surface area contributed by atoms with Gasteiger partial charge in [-0.2, -0.15) is 4.31 Å². The summed E-state index contributed by atoms with van der Waals surface area (Å²) < 4.78 is 37.7. The van der Waals surface area contributed by atoms with Gasteiger partial charge in [0, 0.05) is 19.6 Å². The summed E-state index contributed by atoms with van der Waals surface area (Å²) in [5, 5.41) is 2.80. The number of rotatable bonds is 9. The maximum atomic E-state index is 12.8. The van der Waals surface area contributed by atoms with Crippen molar-refractivity contribution in [1.29, 1.82) is 0 Å². The van der Waals surface area contributed by atoms with Crippen molar-refractivity contribution in [2.45, 2.75) is 25.8 Å². The van der Waals surface area contributed by atoms with E-state index in [-0.39, 0.29) is 11.7 Å². The molecule has 1 aliphatic rings. The van der Waals surface area contributed by atoms with E-state index in [1.54, 1.807) is 14.2 Å². The maximum absolute atomic E-state index is 12.8. The molecule has 0 atom stereocenters. The second-order valence-corrected chi connectivity index (χ2v) is 9.33. The minimum absolute atomic E-state index is 0.00123. The Labute approximate surface area is 178 Å². The number of nitrogens with zero attached hydrogens (tertiary/aromatic N) is 1. The zero-order chi connectivity index (χ0) is 21.6. The van der Waals surface area contributed by atoms with E-state index in [0.717, 1.165) is 16.7 Å². The molecule has 162 valence electrons. The van der Waals surface area contributed by atoms with Crippen LogP contribution in [0.5, 0.6) is 11.5 Å². The van der Waals surface area contributed by atoms with Gasteiger partial charge < -0.3 is 14.8 Å². The van der Waals surface area contributed by atoms with E-state index in [9.17, 15) is 13.2 Å². The highest BCUT2D eigenvalue weighted by Crippen LogP contribution is 2.33. The number of hydrogen-bond donors (Lipinski definition) is 1. The predicted molar refractivity (Wildman–Crippen MR) is 115 cm³/mol. The molecule has 1 amide bonds. The van der Waals surface area contributed by atoms with Crippen LogP contribution in [0.1, 0.15) is 23.1 Å². The van der Waals surface area contributed by atoms with Crippen LogP contribution in [0.3, 0.4) is 0 Å². The van der Waals surface area contributed by atoms with Gasteiger partial charge in [-0.15, -0.1) is 0 Å². The van der Waals surface area contributed by atoms with Crippen LogP contribution in [0.2, 0.25) is 0 Å². The molecule has 2 aromatic rings. The van der Waals surface area contributed by atoms with Crippen LogP contribution in [-0.4, -0.2) is 51.7 Å². The second kappa shape index (κ2) is 9.95. The molecule has 30 heavy (non-hydrogen) atoms. The van der Waals surface area contributed by atoms with E-state index >= 15 is 0 Å². The van der Waals surface area contributed by atoms with E-state index in [0.29, 0.717) is 50.4 Å². The van der Waals surface area contributed by atoms with Gasteiger partial charge in [-0.05, 0) is 41.7 Å². The molecular weight excluding hydrogens is 404 g/mol. The Bertz CT molecular complexity index is 977. The zero-order valence-electron chi connectivity index (χ0n) is 17.4. The predicted octanol–water partition coefficient (Wildman–Crippen LogP) is 2.14. The highest BCUT2D eigenvalue weighted by atomic mass is 32.2. The third-order valence-corrected chi connectivity index (χ3v) is 7.09. The lowest BCUT2D eigenvalue weighted by Gasteiger charge is -2.29. The lowest BCUT2D eigenvalue weighted by atomic mass is 10.0. The first-order chi connectivity index (χ1) is 14.4. The van der Waals surface area contributed by atoms with Gasteiger partial charge in [0.2, 0.25) is 15.9 Å². The molecule has 7 nitrogen and oxygen atoms in total. The second-order valence-electron chi connectivity index (χ2n) is 7.24. The van der Waals surface area contributed by atoms with E-state index in [4.69, 9.17) is 9.47 Å². The number of ether oxygens (including phenoxy) is 2. The quantitative estimate of drug-likeness (QED) is 0.614. The Kier molecular flexibility index (Phi) is 7.33. The molecule has 1 aliphatic heterocycles. The van der Waals surface area contributed by atoms with E-state index in [1.807, 2.05) is 42.5 Å². The van der Waals surface area contributed by atoms with Crippen LogP contribution in [0, 0.1) is 0 Å². The summed E-state index contributed by atoms with van der Waals surface area (Å²) in [5.41, 5.74) is 2.94. The summed E-state index contributed by atoms with van der Waals surface area (Å²) in [4.78, 5) is 12.0. The summed E-state index contributed by atoms with van der Waals surface area (Å²) >= 11 is 0. The molecule has 0 radical (unpaired) electrons. The van der Waals surface area contributed by atoms with Gasteiger partial charge in [-0.1, -0.05) is 30.3 Å². The molecule has 1 N–H and O–H groups in total. The Morgan fingerprint density at radius 1 is 1.07 bits per heavy atom. The van der Waals surface area contributed by atoms with Crippen molar-refractivity contribution in [2.24, 2.45) is 0 Å². The molecule has 0 spiro atoms. The van der Waals surface area contributed by atoms with Crippen LogP contribution in [-0.2, 0) is 34.2 Å². The topological polar surface area (TPSA) is 84.9 Å². The van der Waals surface area contributed by atoms with Crippen molar-refractivity contribution in [3.8, 4) is 11.5 Å². The summed E-state index contributed by atoms with van der Waals surface area (Å²) in [7, 11) is -0.259. The van der Waals surface area contributed by atoms with Crippen LogP contribution in [0.15, 0.2) is 42.5 Å². The highest BCUT2D eigenvalue weighted by Gasteiger charge is 2.27. The monoisotopic (exact) mass is 432 g/mol. The zero-order valence-corrected chi connectivity index (χ0v) is 18.2. The first kappa shape index (κ1) is 22.1. The first-order valence-corrected chi connectivity index (χ1v) is 11.6. The largest absolute Gasteiger partial charge is 0.493 e. The average Bonchev–Trinajstić information content (AvgIpc) is 2.76. The molecule has 8 heteroatoms. The number of amides is 1. The van der Waals surface area contributed by atoms with Crippen LogP contribution >= 0.6 is 0 Å². The SMILES string of the molecule is COc1cc2c(cc1OC)CN(S(=O)(=O)CCCNC(=O)Cc1ccccc1)CC2. The summed E-state index contributed by atoms with van der Waals surface area (Å²) in [5.74, 6) is 1.14. The maximum Gasteiger partial charge on any atom is 0.224 e. The first-order valence-electron chi connectivity index (χ1n) is 9.95. The highest BCUT2D eigenvalue weighted by molar-refractivity contribution is 7.89. The lowest BCUT2D eigenvalue weighted by molar-refractivity contribution is -0.120. The molecule has 3 rings (SSSR count). The normalized spacial score (nSPS) is 14.1. The van der Waals surface area contributed by atoms with Gasteiger partial charge in [0.25, 0.3) is 0 Å². The van der Waals surface area contributed by atoms with Crippen molar-refractivity contribution in [3.63, 3.8) is 0 Å². The lowest BCUT2D eigenvalue weighted by Crippen LogP contribution is -2.38.